The van der Waals surface area contributed by atoms with Crippen LogP contribution in [0.5, 0.6) is 5.75 Å². The van der Waals surface area contributed by atoms with E-state index in [2.05, 4.69) is 26.5 Å². The van der Waals surface area contributed by atoms with Crippen molar-refractivity contribution in [3.63, 3.8) is 0 Å². The van der Waals surface area contributed by atoms with Crippen molar-refractivity contribution < 1.29 is 27.1 Å². The van der Waals surface area contributed by atoms with E-state index in [0.29, 0.717) is 5.75 Å². The van der Waals surface area contributed by atoms with Gasteiger partial charge in [-0.25, -0.2) is 14.0 Å². The number of aromatic amines is 2. The maximum Gasteiger partial charge on any atom is 0.417 e. The number of ether oxygens (including phenoxy) is 1. The fourth-order valence-electron chi connectivity index (χ4n) is 6.14. The quantitative estimate of drug-likeness (QED) is 0.202. The number of rotatable bonds is 6. The molecular formula is C31H25F4N7O4S. The lowest BCUT2D eigenvalue weighted by atomic mass is 9.95. The van der Waals surface area contributed by atoms with Gasteiger partial charge in [-0.15, -0.1) is 11.8 Å². The second kappa shape index (κ2) is 11.6. The van der Waals surface area contributed by atoms with Crippen LogP contribution in [0, 0.1) is 5.82 Å². The lowest BCUT2D eigenvalue weighted by Crippen LogP contribution is -2.49. The van der Waals surface area contributed by atoms with Gasteiger partial charge in [-0.2, -0.15) is 18.2 Å². The number of amides is 1. The first-order valence-corrected chi connectivity index (χ1v) is 15.5. The number of pyridine rings is 1. The Kier molecular flexibility index (Phi) is 7.53. The summed E-state index contributed by atoms with van der Waals surface area (Å²) in [6.07, 6.45) is -0.617. The number of hydrogen-bond acceptors (Lipinski definition) is 8. The van der Waals surface area contributed by atoms with Crippen LogP contribution < -0.4 is 21.0 Å². The number of aromatic nitrogens is 5. The lowest BCUT2D eigenvalue weighted by Gasteiger charge is -2.37. The molecule has 0 unspecified atom stereocenters. The summed E-state index contributed by atoms with van der Waals surface area (Å²) in [6.45, 7) is 4.45. The molecule has 242 valence electrons. The van der Waals surface area contributed by atoms with Crippen LogP contribution in [0.15, 0.2) is 69.9 Å². The molecule has 47 heavy (non-hydrogen) atoms. The SMILES string of the molecule is C=CC(=O)N1CCN(c2nc(=O)n3c4c(c(-c5ccc(F)c6[nH]c(=O)[nH]c56)c(C(F)(F)F)cc24)SC[C@@H]3COc2ccncc2)CC1. The van der Waals surface area contributed by atoms with Crippen molar-refractivity contribution in [2.75, 3.05) is 43.4 Å². The van der Waals surface area contributed by atoms with Crippen LogP contribution in [0.3, 0.4) is 0 Å². The number of carbonyl (C=O) groups excluding carboxylic acids is 1. The third-order valence-corrected chi connectivity index (χ3v) is 9.53. The summed E-state index contributed by atoms with van der Waals surface area (Å²) in [6, 6.07) is 5.81. The van der Waals surface area contributed by atoms with Crippen LogP contribution in [0.4, 0.5) is 23.4 Å². The van der Waals surface area contributed by atoms with Gasteiger partial charge in [-0.3, -0.25) is 14.3 Å². The Morgan fingerprint density at radius 3 is 2.51 bits per heavy atom. The van der Waals surface area contributed by atoms with E-state index < -0.39 is 35.0 Å². The minimum absolute atomic E-state index is 0.0110. The molecule has 0 aliphatic carbocycles. The van der Waals surface area contributed by atoms with Crippen molar-refractivity contribution in [2.45, 2.75) is 17.1 Å². The van der Waals surface area contributed by atoms with E-state index >= 15 is 13.2 Å². The van der Waals surface area contributed by atoms with Gasteiger partial charge < -0.3 is 24.5 Å². The van der Waals surface area contributed by atoms with E-state index in [-0.39, 0.29) is 88.2 Å². The molecular weight excluding hydrogens is 642 g/mol. The molecule has 2 aromatic carbocycles. The van der Waals surface area contributed by atoms with Crippen LogP contribution >= 0.6 is 11.8 Å². The van der Waals surface area contributed by atoms with E-state index in [1.165, 1.54) is 16.7 Å². The van der Waals surface area contributed by atoms with Crippen LogP contribution in [0.2, 0.25) is 0 Å². The summed E-state index contributed by atoms with van der Waals surface area (Å²) < 4.78 is 67.2. The number of fused-ring (bicyclic) bond motifs is 1. The molecule has 5 heterocycles. The number of nitrogens with one attached hydrogen (secondary N) is 2. The Morgan fingerprint density at radius 1 is 1.09 bits per heavy atom. The Balaban J connectivity index is 1.48. The zero-order valence-electron chi connectivity index (χ0n) is 24.4. The molecule has 7 rings (SSSR count). The Morgan fingerprint density at radius 2 is 1.81 bits per heavy atom. The molecule has 5 aromatic rings. The van der Waals surface area contributed by atoms with Crippen molar-refractivity contribution in [3.05, 3.63) is 87.7 Å². The van der Waals surface area contributed by atoms with Crippen LogP contribution in [-0.2, 0) is 11.0 Å². The average Bonchev–Trinajstić information content (AvgIpc) is 3.47. The number of nitrogens with zero attached hydrogens (tertiary/aromatic N) is 5. The van der Waals surface area contributed by atoms with Gasteiger partial charge in [0, 0.05) is 65.7 Å². The molecule has 0 bridgehead atoms. The standard InChI is InChI=1S/C31H25F4N7O4S/c1-2-22(43)40-9-11-41(12-10-40)28-19-13-20(31(33,34)35)23(18-3-4-21(32)25-24(18)37-29(44)38-25)27-26(19)42(30(45)39-28)16(15-47-27)14-46-17-5-7-36-8-6-17/h2-8,13,16H,1,9-12,14-15H2,(H2,37,38,44)/t16-/m0/s1. The van der Waals surface area contributed by atoms with Gasteiger partial charge in [0.05, 0.1) is 22.6 Å². The zero-order chi connectivity index (χ0) is 33.0. The topological polar surface area (TPSA) is 129 Å². The van der Waals surface area contributed by atoms with Crippen molar-refractivity contribution >= 4 is 45.4 Å². The Labute approximate surface area is 266 Å². The first-order valence-electron chi connectivity index (χ1n) is 14.5. The molecule has 16 heteroatoms. The predicted molar refractivity (Wildman–Crippen MR) is 167 cm³/mol. The van der Waals surface area contributed by atoms with Crippen molar-refractivity contribution in [1.82, 2.24) is 29.4 Å². The number of carbonyl (C=O) groups is 1. The van der Waals surface area contributed by atoms with Crippen molar-refractivity contribution in [3.8, 4) is 16.9 Å². The number of halogens is 4. The molecule has 1 atom stereocenters. The minimum atomic E-state index is -4.90. The fraction of sp³-hybridized carbons (Fsp3) is 0.258. The summed E-state index contributed by atoms with van der Waals surface area (Å²) >= 11 is 1.11. The number of hydrogen-bond donors (Lipinski definition) is 2. The number of alkyl halides is 3. The molecule has 1 amide bonds. The fourth-order valence-corrected chi connectivity index (χ4v) is 7.45. The second-order valence-corrected chi connectivity index (χ2v) is 12.0. The second-order valence-electron chi connectivity index (χ2n) is 11.0. The van der Waals surface area contributed by atoms with E-state index in [1.54, 1.807) is 34.3 Å². The van der Waals surface area contributed by atoms with Crippen LogP contribution in [0.25, 0.3) is 33.1 Å². The number of anilines is 1. The lowest BCUT2D eigenvalue weighted by molar-refractivity contribution is -0.137. The molecule has 0 radical (unpaired) electrons. The molecule has 3 aromatic heterocycles. The number of benzene rings is 2. The third-order valence-electron chi connectivity index (χ3n) is 8.29. The highest BCUT2D eigenvalue weighted by molar-refractivity contribution is 7.99. The van der Waals surface area contributed by atoms with E-state index in [4.69, 9.17) is 4.74 Å². The highest BCUT2D eigenvalue weighted by Crippen LogP contribution is 2.50. The van der Waals surface area contributed by atoms with Gasteiger partial charge in [0.15, 0.2) is 0 Å². The molecule has 11 nitrogen and oxygen atoms in total. The summed E-state index contributed by atoms with van der Waals surface area (Å²) in [5.74, 6) is -0.390. The molecule has 0 spiro atoms. The Bertz CT molecular complexity index is 2170. The molecule has 1 fully saturated rings. The summed E-state index contributed by atoms with van der Waals surface area (Å²) in [5.41, 5.74) is -3.06. The largest absolute Gasteiger partial charge is 0.491 e. The summed E-state index contributed by atoms with van der Waals surface area (Å²) in [7, 11) is 0. The minimum Gasteiger partial charge on any atom is -0.491 e. The normalized spacial score (nSPS) is 16.6. The summed E-state index contributed by atoms with van der Waals surface area (Å²) in [5, 5.41) is 0.0844. The predicted octanol–water partition coefficient (Wildman–Crippen LogP) is 4.35. The van der Waals surface area contributed by atoms with Gasteiger partial charge in [-0.1, -0.05) is 6.58 Å². The number of H-pyrrole nitrogens is 2. The summed E-state index contributed by atoms with van der Waals surface area (Å²) in [4.78, 5) is 54.7. The highest BCUT2D eigenvalue weighted by Gasteiger charge is 2.40. The zero-order valence-corrected chi connectivity index (χ0v) is 25.3. The van der Waals surface area contributed by atoms with E-state index in [0.717, 1.165) is 23.9 Å². The van der Waals surface area contributed by atoms with Crippen molar-refractivity contribution in [1.29, 1.82) is 0 Å². The first-order chi connectivity index (χ1) is 22.5. The average molecular weight is 668 g/mol. The van der Waals surface area contributed by atoms with Crippen molar-refractivity contribution in [2.24, 2.45) is 0 Å². The first kappa shape index (κ1) is 30.5. The van der Waals surface area contributed by atoms with Gasteiger partial charge >= 0.3 is 17.6 Å². The van der Waals surface area contributed by atoms with Crippen LogP contribution in [-0.4, -0.2) is 73.8 Å². The monoisotopic (exact) mass is 667 g/mol. The Hall–Kier alpha value is -5.12. The molecule has 0 saturated carbocycles. The number of thioether (sulfide) groups is 1. The van der Waals surface area contributed by atoms with Crippen LogP contribution in [0.1, 0.15) is 11.6 Å². The molecule has 2 aliphatic heterocycles. The van der Waals surface area contributed by atoms with Gasteiger partial charge in [0.2, 0.25) is 5.91 Å². The third kappa shape index (κ3) is 5.31. The molecule has 2 aliphatic rings. The maximum atomic E-state index is 15.1. The highest BCUT2D eigenvalue weighted by atomic mass is 32.2. The van der Waals surface area contributed by atoms with E-state index in [1.807, 2.05) is 0 Å². The smallest absolute Gasteiger partial charge is 0.417 e. The van der Waals surface area contributed by atoms with E-state index in [9.17, 15) is 18.8 Å². The molecule has 2 N–H and O–H groups in total. The van der Waals surface area contributed by atoms with Gasteiger partial charge in [0.1, 0.15) is 29.5 Å². The maximum absolute atomic E-state index is 15.1. The van der Waals surface area contributed by atoms with Gasteiger partial charge in [-0.05, 0) is 36.4 Å². The number of piperazine rings is 1. The molecule has 1 saturated heterocycles. The van der Waals surface area contributed by atoms with Gasteiger partial charge in [0.25, 0.3) is 0 Å². The number of imidazole rings is 1.